The Bertz CT molecular complexity index is 1450. The fourth-order valence-corrected chi connectivity index (χ4v) is 6.12. The van der Waals surface area contributed by atoms with Gasteiger partial charge in [-0.2, -0.15) is 0 Å². The van der Waals surface area contributed by atoms with E-state index in [4.69, 9.17) is 0 Å². The molecule has 1 aromatic heterocycles. The number of aromatic nitrogens is 1. The molecule has 0 unspecified atom stereocenters. The molecule has 38 heavy (non-hydrogen) atoms. The molecule has 0 aliphatic carbocycles. The Morgan fingerprint density at radius 1 is 1.11 bits per heavy atom. The Kier molecular flexibility index (Phi) is 10.1. The molecule has 0 fully saturated rings. The topological polar surface area (TPSA) is 108 Å². The van der Waals surface area contributed by atoms with Gasteiger partial charge in [-0.25, -0.2) is 12.8 Å². The molecule has 204 valence electrons. The number of ketones is 1. The standard InChI is InChI=1S/C28H33FN2O5S2/c1-5-7-14-37(34)30-19(3)24-16-27(32)31(4)17-26(24)25-15-20(18-38(35,36)6-2)8-13-23(25)28(33)21-9-11-22(29)12-10-21/h8-13,15-17,19,30H,5-7,14,18H2,1-4H3/t19-,37-/m0/s1. The molecule has 0 bridgehead atoms. The number of unbranched alkanes of at least 4 members (excludes halogenated alkanes) is 1. The molecule has 1 heterocycles. The number of sulfone groups is 1. The maximum atomic E-state index is 13.6. The van der Waals surface area contributed by atoms with E-state index in [0.717, 1.165) is 12.8 Å². The van der Waals surface area contributed by atoms with Crippen LogP contribution in [0.4, 0.5) is 4.39 Å². The summed E-state index contributed by atoms with van der Waals surface area (Å²) in [6.07, 6.45) is 3.26. The van der Waals surface area contributed by atoms with E-state index in [1.807, 2.05) is 6.92 Å². The van der Waals surface area contributed by atoms with Gasteiger partial charge in [0.25, 0.3) is 5.56 Å². The second kappa shape index (κ2) is 12.8. The highest BCUT2D eigenvalue weighted by Gasteiger charge is 2.24. The number of carbonyl (C=O) groups is 1. The van der Waals surface area contributed by atoms with Crippen LogP contribution in [-0.4, -0.2) is 34.8 Å². The van der Waals surface area contributed by atoms with Crippen molar-refractivity contribution in [3.8, 4) is 11.1 Å². The molecule has 0 saturated carbocycles. The molecule has 7 nitrogen and oxygen atoms in total. The van der Waals surface area contributed by atoms with E-state index < -0.39 is 33.1 Å². The quantitative estimate of drug-likeness (QED) is 0.259. The number of halogens is 1. The van der Waals surface area contributed by atoms with Gasteiger partial charge in [0.2, 0.25) is 0 Å². The van der Waals surface area contributed by atoms with Crippen molar-refractivity contribution in [2.75, 3.05) is 11.5 Å². The number of nitrogens with zero attached hydrogens (tertiary/aromatic N) is 1. The molecule has 0 aliphatic rings. The van der Waals surface area contributed by atoms with Crippen molar-refractivity contribution in [2.45, 2.75) is 45.4 Å². The predicted molar refractivity (Wildman–Crippen MR) is 150 cm³/mol. The SMILES string of the molecule is CCCC[S@+]([O-])N[C@@H](C)c1cc(=O)n(C)cc1-c1cc(CS(=O)(=O)CC)ccc1C(=O)c1ccc(F)cc1. The van der Waals surface area contributed by atoms with Gasteiger partial charge in [-0.05, 0) is 60.4 Å². The average Bonchev–Trinajstić information content (AvgIpc) is 2.88. The fourth-order valence-electron chi connectivity index (χ4n) is 4.04. The molecule has 2 atom stereocenters. The van der Waals surface area contributed by atoms with Gasteiger partial charge in [-0.3, -0.25) is 9.59 Å². The summed E-state index contributed by atoms with van der Waals surface area (Å²) < 4.78 is 55.3. The van der Waals surface area contributed by atoms with Crippen molar-refractivity contribution in [1.82, 2.24) is 9.29 Å². The Morgan fingerprint density at radius 2 is 1.79 bits per heavy atom. The van der Waals surface area contributed by atoms with Crippen LogP contribution in [0, 0.1) is 5.82 Å². The highest BCUT2D eigenvalue weighted by Crippen LogP contribution is 2.33. The number of hydrogen-bond donors (Lipinski definition) is 1. The third-order valence-electron chi connectivity index (χ3n) is 6.27. The normalized spacial score (nSPS) is 13.3. The molecule has 0 radical (unpaired) electrons. The highest BCUT2D eigenvalue weighted by molar-refractivity contribution is 7.90. The van der Waals surface area contributed by atoms with E-state index in [-0.39, 0.29) is 34.0 Å². The van der Waals surface area contributed by atoms with Crippen molar-refractivity contribution in [3.05, 3.63) is 93.2 Å². The molecular formula is C28H33FN2O5S2. The van der Waals surface area contributed by atoms with E-state index in [0.29, 0.717) is 28.0 Å². The lowest BCUT2D eigenvalue weighted by atomic mass is 9.89. The molecule has 10 heteroatoms. The van der Waals surface area contributed by atoms with Gasteiger partial charge >= 0.3 is 0 Å². The number of pyridine rings is 1. The lowest BCUT2D eigenvalue weighted by Crippen LogP contribution is -2.30. The van der Waals surface area contributed by atoms with Crippen molar-refractivity contribution < 1.29 is 22.2 Å². The molecule has 0 saturated heterocycles. The zero-order chi connectivity index (χ0) is 28.0. The van der Waals surface area contributed by atoms with Gasteiger partial charge in [-0.15, -0.1) is 4.72 Å². The van der Waals surface area contributed by atoms with Crippen LogP contribution in [0.15, 0.2) is 59.5 Å². The number of carbonyl (C=O) groups excluding carboxylic acids is 1. The van der Waals surface area contributed by atoms with Crippen molar-refractivity contribution >= 4 is 27.0 Å². The third kappa shape index (κ3) is 7.41. The second-order valence-electron chi connectivity index (χ2n) is 9.23. The average molecular weight is 561 g/mol. The Balaban J connectivity index is 2.21. The van der Waals surface area contributed by atoms with Gasteiger partial charge < -0.3 is 9.12 Å². The summed E-state index contributed by atoms with van der Waals surface area (Å²) in [5, 5.41) is 0. The lowest BCUT2D eigenvalue weighted by molar-refractivity contribution is 0.103. The molecule has 1 N–H and O–H groups in total. The summed E-state index contributed by atoms with van der Waals surface area (Å²) in [4.78, 5) is 26.2. The largest absolute Gasteiger partial charge is 0.598 e. The minimum Gasteiger partial charge on any atom is -0.598 e. The van der Waals surface area contributed by atoms with Crippen LogP contribution >= 0.6 is 0 Å². The van der Waals surface area contributed by atoms with Gasteiger partial charge in [0.1, 0.15) is 11.6 Å². The van der Waals surface area contributed by atoms with Gasteiger partial charge in [-0.1, -0.05) is 32.4 Å². The second-order valence-corrected chi connectivity index (χ2v) is 12.9. The van der Waals surface area contributed by atoms with Crippen LogP contribution in [0.5, 0.6) is 0 Å². The minimum atomic E-state index is -3.36. The van der Waals surface area contributed by atoms with Crippen molar-refractivity contribution in [2.24, 2.45) is 7.05 Å². The fraction of sp³-hybridized carbons (Fsp3) is 0.357. The number of benzene rings is 2. The summed E-state index contributed by atoms with van der Waals surface area (Å²) in [7, 11) is -1.78. The van der Waals surface area contributed by atoms with Crippen LogP contribution in [0.2, 0.25) is 0 Å². The van der Waals surface area contributed by atoms with E-state index in [1.54, 1.807) is 45.3 Å². The maximum absolute atomic E-state index is 13.6. The first-order valence-corrected chi connectivity index (χ1v) is 15.6. The van der Waals surface area contributed by atoms with E-state index in [2.05, 4.69) is 4.72 Å². The minimum absolute atomic E-state index is 0.0335. The van der Waals surface area contributed by atoms with E-state index in [9.17, 15) is 27.0 Å². The first-order chi connectivity index (χ1) is 18.0. The number of hydrogen-bond acceptors (Lipinski definition) is 6. The molecular weight excluding hydrogens is 527 g/mol. The van der Waals surface area contributed by atoms with Crippen LogP contribution in [-0.2, 0) is 34.0 Å². The van der Waals surface area contributed by atoms with Gasteiger partial charge in [0.15, 0.2) is 15.6 Å². The first kappa shape index (κ1) is 29.8. The third-order valence-corrected chi connectivity index (χ3v) is 9.20. The molecule has 0 aliphatic heterocycles. The number of nitrogens with one attached hydrogen (secondary N) is 1. The number of rotatable bonds is 12. The monoisotopic (exact) mass is 560 g/mol. The lowest BCUT2D eigenvalue weighted by Gasteiger charge is -2.21. The predicted octanol–water partition coefficient (Wildman–Crippen LogP) is 4.47. The number of aryl methyl sites for hydroxylation is 1. The summed E-state index contributed by atoms with van der Waals surface area (Å²) in [5.41, 5.74) is 2.23. The zero-order valence-corrected chi connectivity index (χ0v) is 23.6. The van der Waals surface area contributed by atoms with Crippen molar-refractivity contribution in [1.29, 1.82) is 0 Å². The summed E-state index contributed by atoms with van der Waals surface area (Å²) in [6.45, 7) is 5.36. The molecule has 0 spiro atoms. The summed E-state index contributed by atoms with van der Waals surface area (Å²) in [5.74, 6) is -0.638. The molecule has 2 aromatic carbocycles. The van der Waals surface area contributed by atoms with E-state index in [1.165, 1.54) is 34.9 Å². The van der Waals surface area contributed by atoms with Crippen LogP contribution in [0.3, 0.4) is 0 Å². The maximum Gasteiger partial charge on any atom is 0.250 e. The van der Waals surface area contributed by atoms with E-state index >= 15 is 0 Å². The van der Waals surface area contributed by atoms with Crippen LogP contribution < -0.4 is 10.3 Å². The Labute approximate surface area is 226 Å². The smallest absolute Gasteiger partial charge is 0.250 e. The van der Waals surface area contributed by atoms with Crippen LogP contribution in [0.1, 0.15) is 66.7 Å². The summed E-state index contributed by atoms with van der Waals surface area (Å²) >= 11 is -1.33. The van der Waals surface area contributed by atoms with Gasteiger partial charge in [0.05, 0.1) is 11.8 Å². The Hall–Kier alpha value is -2.79. The zero-order valence-electron chi connectivity index (χ0n) is 22.0. The van der Waals surface area contributed by atoms with Crippen molar-refractivity contribution in [3.63, 3.8) is 0 Å². The first-order valence-electron chi connectivity index (χ1n) is 12.4. The highest BCUT2D eigenvalue weighted by atomic mass is 32.2. The molecule has 0 amide bonds. The Morgan fingerprint density at radius 3 is 2.42 bits per heavy atom. The van der Waals surface area contributed by atoms with Gasteiger partial charge in [0, 0.05) is 53.1 Å². The molecule has 3 aromatic rings. The summed E-state index contributed by atoms with van der Waals surface area (Å²) in [6, 6.07) is 10.9. The molecule has 3 rings (SSSR count). The van der Waals surface area contributed by atoms with Crippen LogP contribution in [0.25, 0.3) is 11.1 Å².